The second-order valence-electron chi connectivity index (χ2n) is 18.1. The summed E-state index contributed by atoms with van der Waals surface area (Å²) < 4.78 is 18.1. The van der Waals surface area contributed by atoms with Crippen LogP contribution in [0.4, 0.5) is 0 Å². The van der Waals surface area contributed by atoms with Gasteiger partial charge in [0.2, 0.25) is 0 Å². The minimum atomic E-state index is -1.21. The Hall–Kier alpha value is -2.19. The Labute approximate surface area is 282 Å². The molecule has 264 valence electrons. The highest BCUT2D eigenvalue weighted by atomic mass is 16.6. The van der Waals surface area contributed by atoms with Crippen LogP contribution in [0.5, 0.6) is 0 Å². The molecule has 11 atom stereocenters. The van der Waals surface area contributed by atoms with Crippen molar-refractivity contribution in [2.45, 2.75) is 146 Å². The number of allylic oxidation sites excluding steroid dienone is 3. The molecule has 8 heteroatoms. The number of fused-ring (bicyclic) bond motifs is 7. The lowest BCUT2D eigenvalue weighted by Crippen LogP contribution is -2.72. The molecule has 0 amide bonds. The van der Waals surface area contributed by atoms with Crippen molar-refractivity contribution in [3.8, 4) is 0 Å². The monoisotopic (exact) mass is 656 g/mol. The Balaban J connectivity index is 1.67. The van der Waals surface area contributed by atoms with Gasteiger partial charge in [0.05, 0.1) is 17.6 Å². The molecule has 5 rings (SSSR count). The van der Waals surface area contributed by atoms with Gasteiger partial charge in [-0.15, -0.1) is 0 Å². The van der Waals surface area contributed by atoms with E-state index in [-0.39, 0.29) is 40.3 Å². The van der Waals surface area contributed by atoms with Crippen molar-refractivity contribution < 1.29 is 38.8 Å². The summed E-state index contributed by atoms with van der Waals surface area (Å²) in [7, 11) is 0. The molecule has 5 aliphatic carbocycles. The average molecular weight is 657 g/mol. The van der Waals surface area contributed by atoms with Crippen LogP contribution in [0, 0.1) is 50.2 Å². The number of carbonyl (C=O) groups excluding carboxylic acids is 3. The van der Waals surface area contributed by atoms with E-state index in [1.165, 1.54) is 25.5 Å². The van der Waals surface area contributed by atoms with Gasteiger partial charge in [-0.25, -0.2) is 4.79 Å². The van der Waals surface area contributed by atoms with Gasteiger partial charge in [0.1, 0.15) is 12.7 Å². The first-order valence-electron chi connectivity index (χ1n) is 17.8. The molecule has 4 fully saturated rings. The summed E-state index contributed by atoms with van der Waals surface area (Å²) in [6.07, 6.45) is 6.21. The largest absolute Gasteiger partial charge is 0.465 e. The molecule has 0 aliphatic heterocycles. The summed E-state index contributed by atoms with van der Waals surface area (Å²) in [6.45, 7) is 21.9. The maximum Gasteiger partial charge on any atom is 0.331 e. The van der Waals surface area contributed by atoms with E-state index in [1.807, 2.05) is 27.7 Å². The molecule has 2 N–H and O–H groups in total. The van der Waals surface area contributed by atoms with Gasteiger partial charge in [0, 0.05) is 25.3 Å². The van der Waals surface area contributed by atoms with Crippen molar-refractivity contribution in [1.82, 2.24) is 0 Å². The second-order valence-corrected chi connectivity index (χ2v) is 18.1. The zero-order valence-electron chi connectivity index (χ0n) is 30.7. The van der Waals surface area contributed by atoms with Gasteiger partial charge in [0.25, 0.3) is 0 Å². The van der Waals surface area contributed by atoms with Gasteiger partial charge in [-0.1, -0.05) is 65.7 Å². The fourth-order valence-corrected chi connectivity index (χ4v) is 12.0. The van der Waals surface area contributed by atoms with Crippen LogP contribution in [-0.4, -0.2) is 59.1 Å². The fraction of sp³-hybridized carbons (Fsp3) is 0.821. The Morgan fingerprint density at radius 2 is 1.49 bits per heavy atom. The highest BCUT2D eigenvalue weighted by Crippen LogP contribution is 2.76. The predicted octanol–water partition coefficient (Wildman–Crippen LogP) is 6.71. The summed E-state index contributed by atoms with van der Waals surface area (Å²) in [5, 5.41) is 23.7. The predicted molar refractivity (Wildman–Crippen MR) is 179 cm³/mol. The van der Waals surface area contributed by atoms with Crippen LogP contribution in [0.3, 0.4) is 0 Å². The molecule has 0 heterocycles. The van der Waals surface area contributed by atoms with Gasteiger partial charge in [-0.2, -0.15) is 0 Å². The van der Waals surface area contributed by atoms with E-state index in [0.717, 1.165) is 37.7 Å². The first-order chi connectivity index (χ1) is 21.6. The number of rotatable bonds is 5. The van der Waals surface area contributed by atoms with Crippen LogP contribution in [0.1, 0.15) is 121 Å². The van der Waals surface area contributed by atoms with Crippen molar-refractivity contribution in [3.63, 3.8) is 0 Å². The number of ether oxygens (including phenoxy) is 3. The van der Waals surface area contributed by atoms with Crippen LogP contribution < -0.4 is 0 Å². The lowest BCUT2D eigenvalue weighted by atomic mass is 9.33. The number of esters is 3. The van der Waals surface area contributed by atoms with Crippen LogP contribution in [0.2, 0.25) is 0 Å². The normalized spacial score (nSPS) is 44.6. The van der Waals surface area contributed by atoms with Gasteiger partial charge in [-0.05, 0) is 98.2 Å². The standard InChI is InChI=1S/C39H60O8/c1-22(2)18-31(44)47-32-33(46-24(4)41)39(21-45-23(3)40)26(19-34(32,5)6)25-12-13-28-36(9)16-15-29(42)35(7,8)27(36)14-17-37(28,10)38(25,11)20-30(39)43/h12,18,26-30,32-33,42-43H,13-17,19-21H2,1-11H3/t26-,27+,28-,29+,30-,32+,33+,36+,37-,38-,39+/m1/s1. The molecule has 0 aromatic carbocycles. The zero-order chi connectivity index (χ0) is 35.1. The average Bonchev–Trinajstić information content (AvgIpc) is 2.92. The molecule has 0 unspecified atom stereocenters. The molecular formula is C39H60O8. The maximum atomic E-state index is 13.1. The number of hydrogen-bond acceptors (Lipinski definition) is 8. The number of aliphatic hydroxyl groups excluding tert-OH is 2. The molecule has 0 spiro atoms. The quantitative estimate of drug-likeness (QED) is 0.145. The smallest absolute Gasteiger partial charge is 0.331 e. The molecule has 0 aromatic rings. The van der Waals surface area contributed by atoms with Crippen molar-refractivity contribution in [1.29, 1.82) is 0 Å². The van der Waals surface area contributed by atoms with Crippen LogP contribution >= 0.6 is 0 Å². The summed E-state index contributed by atoms with van der Waals surface area (Å²) in [6, 6.07) is 0. The molecule has 0 bridgehead atoms. The Kier molecular flexibility index (Phi) is 8.99. The van der Waals surface area contributed by atoms with Gasteiger partial charge < -0.3 is 24.4 Å². The van der Waals surface area contributed by atoms with E-state index < -0.39 is 47.0 Å². The third-order valence-corrected chi connectivity index (χ3v) is 14.5. The third kappa shape index (κ3) is 5.34. The van der Waals surface area contributed by atoms with Gasteiger partial charge >= 0.3 is 17.9 Å². The number of hydrogen-bond donors (Lipinski definition) is 2. The van der Waals surface area contributed by atoms with Crippen molar-refractivity contribution in [2.75, 3.05) is 6.61 Å². The lowest BCUT2D eigenvalue weighted by Gasteiger charge is -2.72. The van der Waals surface area contributed by atoms with Gasteiger partial charge in [-0.3, -0.25) is 9.59 Å². The third-order valence-electron chi connectivity index (χ3n) is 14.5. The maximum absolute atomic E-state index is 13.1. The first kappa shape index (κ1) is 36.1. The van der Waals surface area contributed by atoms with E-state index in [9.17, 15) is 24.6 Å². The summed E-state index contributed by atoms with van der Waals surface area (Å²) >= 11 is 0. The Bertz CT molecular complexity index is 1360. The topological polar surface area (TPSA) is 119 Å². The highest BCUT2D eigenvalue weighted by Gasteiger charge is 2.73. The number of carbonyl (C=O) groups is 3. The fourth-order valence-electron chi connectivity index (χ4n) is 12.0. The summed E-state index contributed by atoms with van der Waals surface area (Å²) in [5.41, 5.74) is -0.483. The zero-order valence-corrected chi connectivity index (χ0v) is 30.7. The van der Waals surface area contributed by atoms with E-state index >= 15 is 0 Å². The Morgan fingerprint density at radius 1 is 0.830 bits per heavy atom. The molecule has 0 saturated heterocycles. The van der Waals surface area contributed by atoms with Crippen LogP contribution in [0.15, 0.2) is 23.3 Å². The molecule has 8 nitrogen and oxygen atoms in total. The SMILES string of the molecule is CC(=O)OC[C@@]12[C@H](O)C[C@]3(C)C(=CC[C@@H]4[C@@]5(C)CC[C@H](O)C(C)(C)[C@@H]5CC[C@]43C)[C@H]1CC(C)(C)[C@@H](OC(=O)C=C(C)C)[C@@H]2OC(C)=O. The second kappa shape index (κ2) is 11.7. The number of aliphatic hydroxyl groups is 2. The van der Waals surface area contributed by atoms with Crippen molar-refractivity contribution >= 4 is 17.9 Å². The highest BCUT2D eigenvalue weighted by molar-refractivity contribution is 5.83. The molecule has 4 saturated carbocycles. The van der Waals surface area contributed by atoms with E-state index in [0.29, 0.717) is 24.7 Å². The lowest BCUT2D eigenvalue weighted by molar-refractivity contribution is -0.267. The summed E-state index contributed by atoms with van der Waals surface area (Å²) in [5.74, 6) is -1.10. The molecular weight excluding hydrogens is 596 g/mol. The Morgan fingerprint density at radius 3 is 2.09 bits per heavy atom. The first-order valence-corrected chi connectivity index (χ1v) is 17.8. The van der Waals surface area contributed by atoms with E-state index in [1.54, 1.807) is 0 Å². The van der Waals surface area contributed by atoms with Crippen molar-refractivity contribution in [3.05, 3.63) is 23.3 Å². The molecule has 5 aliphatic rings. The van der Waals surface area contributed by atoms with Crippen LogP contribution in [0.25, 0.3) is 0 Å². The summed E-state index contributed by atoms with van der Waals surface area (Å²) in [4.78, 5) is 38.3. The van der Waals surface area contributed by atoms with Crippen molar-refractivity contribution in [2.24, 2.45) is 50.2 Å². The molecule has 0 radical (unpaired) electrons. The van der Waals surface area contributed by atoms with Gasteiger partial charge in [0.15, 0.2) is 6.10 Å². The molecule has 47 heavy (non-hydrogen) atoms. The van der Waals surface area contributed by atoms with Crippen LogP contribution in [-0.2, 0) is 28.6 Å². The molecule has 0 aromatic heterocycles. The minimum absolute atomic E-state index is 0.0360. The van der Waals surface area contributed by atoms with E-state index in [2.05, 4.69) is 40.7 Å². The minimum Gasteiger partial charge on any atom is -0.465 e. The van der Waals surface area contributed by atoms with E-state index in [4.69, 9.17) is 14.2 Å².